The highest BCUT2D eigenvalue weighted by molar-refractivity contribution is 5.67. The van der Waals surface area contributed by atoms with Gasteiger partial charge in [-0.3, -0.25) is 0 Å². The SMILES string of the molecule is CC.CC.CC.CC.c1cc2c3c(c1)C1CCCC1C31c3c(cccc3C3CCCC31)C2. The minimum atomic E-state index is 0.415. The van der Waals surface area contributed by atoms with Crippen LogP contribution in [0.2, 0.25) is 0 Å². The second-order valence-electron chi connectivity index (χ2n) is 9.10. The van der Waals surface area contributed by atoms with Gasteiger partial charge in [-0.05, 0) is 89.2 Å². The lowest BCUT2D eigenvalue weighted by Gasteiger charge is -2.43. The Bertz CT molecular complexity index is 815. The zero-order valence-electron chi connectivity index (χ0n) is 22.2. The third-order valence-corrected chi connectivity index (χ3v) is 8.57. The summed E-state index contributed by atoms with van der Waals surface area (Å²) in [6.07, 6.45) is 9.92. The Morgan fingerprint density at radius 3 is 1.38 bits per heavy atom. The maximum absolute atomic E-state index is 2.51. The molecule has 2 saturated carbocycles. The molecule has 7 rings (SSSR count). The molecule has 4 unspecified atom stereocenters. The minimum absolute atomic E-state index is 0.415. The van der Waals surface area contributed by atoms with Crippen molar-refractivity contribution in [1.82, 2.24) is 0 Å². The molecule has 0 amide bonds. The molecule has 0 saturated heterocycles. The van der Waals surface area contributed by atoms with Gasteiger partial charge in [0, 0.05) is 5.41 Å². The van der Waals surface area contributed by atoms with Crippen molar-refractivity contribution < 1.29 is 0 Å². The molecule has 32 heavy (non-hydrogen) atoms. The normalized spacial score (nSPS) is 30.4. The van der Waals surface area contributed by atoms with Gasteiger partial charge in [0.2, 0.25) is 0 Å². The van der Waals surface area contributed by atoms with Crippen LogP contribution in [0.15, 0.2) is 36.4 Å². The monoisotopic (exact) mass is 432 g/mol. The van der Waals surface area contributed by atoms with Gasteiger partial charge in [0.05, 0.1) is 0 Å². The van der Waals surface area contributed by atoms with Gasteiger partial charge in [0.25, 0.3) is 0 Å². The van der Waals surface area contributed by atoms with Gasteiger partial charge in [-0.25, -0.2) is 0 Å². The highest BCUT2D eigenvalue weighted by Crippen LogP contribution is 2.73. The fourth-order valence-corrected chi connectivity index (χ4v) is 8.26. The second-order valence-corrected chi connectivity index (χ2v) is 9.10. The number of hydrogen-bond donors (Lipinski definition) is 0. The summed E-state index contributed by atoms with van der Waals surface area (Å²) in [5.74, 6) is 3.53. The number of hydrogen-bond acceptors (Lipinski definition) is 0. The largest absolute Gasteiger partial charge is 0.0683 e. The predicted molar refractivity (Wildman–Crippen MR) is 142 cm³/mol. The number of benzene rings is 2. The summed E-state index contributed by atoms with van der Waals surface area (Å²) in [6.45, 7) is 16.0. The highest BCUT2D eigenvalue weighted by Gasteiger charge is 2.66. The average Bonchev–Trinajstić information content (AvgIpc) is 3.65. The average molecular weight is 433 g/mol. The summed E-state index contributed by atoms with van der Waals surface area (Å²) in [4.78, 5) is 0. The molecule has 2 aromatic carbocycles. The van der Waals surface area contributed by atoms with Crippen LogP contribution in [0.5, 0.6) is 0 Å². The molecule has 2 fully saturated rings. The number of fused-ring (bicyclic) bond motifs is 4. The summed E-state index contributed by atoms with van der Waals surface area (Å²) in [7, 11) is 0. The van der Waals surface area contributed by atoms with E-state index in [2.05, 4.69) is 36.4 Å². The van der Waals surface area contributed by atoms with Crippen molar-refractivity contribution >= 4 is 0 Å². The second kappa shape index (κ2) is 10.6. The Morgan fingerprint density at radius 1 is 0.562 bits per heavy atom. The topological polar surface area (TPSA) is 0 Å². The van der Waals surface area contributed by atoms with Crippen LogP contribution in [-0.4, -0.2) is 0 Å². The Hall–Kier alpha value is -1.56. The highest BCUT2D eigenvalue weighted by atomic mass is 14.7. The first kappa shape index (κ1) is 25.1. The van der Waals surface area contributed by atoms with Crippen LogP contribution in [0, 0.1) is 11.8 Å². The fourth-order valence-electron chi connectivity index (χ4n) is 8.26. The lowest BCUT2D eigenvalue weighted by Crippen LogP contribution is -2.40. The lowest BCUT2D eigenvalue weighted by molar-refractivity contribution is 0.231. The van der Waals surface area contributed by atoms with Gasteiger partial charge >= 0.3 is 0 Å². The Morgan fingerprint density at radius 2 is 0.969 bits per heavy atom. The molecule has 0 nitrogen and oxygen atoms in total. The third kappa shape index (κ3) is 3.15. The first-order chi connectivity index (χ1) is 15.9. The van der Waals surface area contributed by atoms with Crippen LogP contribution < -0.4 is 0 Å². The Kier molecular flexibility index (Phi) is 8.29. The van der Waals surface area contributed by atoms with Crippen LogP contribution in [0.25, 0.3) is 0 Å². The summed E-state index contributed by atoms with van der Waals surface area (Å²) < 4.78 is 0. The molecular weight excluding hydrogens is 384 g/mol. The standard InChI is InChI=1S/C24H24.4C2H6/c1-5-14-13-15-6-2-10-19-17-8-4-12-21(17)24(23(15)19)20-11-3-7-16(20)18(9-1)22(14)24;4*1-2/h1-2,5-6,9-10,16-17,20-21H,3-4,7-8,11-13H2;4*1-2H3. The first-order valence-electron chi connectivity index (χ1n) is 14.1. The summed E-state index contributed by atoms with van der Waals surface area (Å²) in [5, 5.41) is 0. The summed E-state index contributed by atoms with van der Waals surface area (Å²) in [6, 6.07) is 14.6. The van der Waals surface area contributed by atoms with Gasteiger partial charge in [-0.1, -0.05) is 105 Å². The molecule has 0 aliphatic heterocycles. The summed E-state index contributed by atoms with van der Waals surface area (Å²) in [5.41, 5.74) is 11.0. The molecule has 2 aromatic rings. The van der Waals surface area contributed by atoms with Crippen molar-refractivity contribution in [3.05, 3.63) is 69.8 Å². The molecule has 0 heteroatoms. The van der Waals surface area contributed by atoms with E-state index in [-0.39, 0.29) is 0 Å². The zero-order chi connectivity index (χ0) is 23.5. The van der Waals surface area contributed by atoms with E-state index in [1.54, 1.807) is 22.3 Å². The van der Waals surface area contributed by atoms with E-state index in [0.29, 0.717) is 5.41 Å². The molecule has 176 valence electrons. The van der Waals surface area contributed by atoms with Crippen molar-refractivity contribution in [2.75, 3.05) is 0 Å². The van der Waals surface area contributed by atoms with E-state index in [1.165, 1.54) is 44.9 Å². The maximum atomic E-state index is 2.51. The van der Waals surface area contributed by atoms with Crippen LogP contribution in [0.3, 0.4) is 0 Å². The van der Waals surface area contributed by atoms with Crippen LogP contribution in [0.4, 0.5) is 0 Å². The van der Waals surface area contributed by atoms with Crippen molar-refractivity contribution in [2.24, 2.45) is 11.8 Å². The van der Waals surface area contributed by atoms with E-state index in [9.17, 15) is 0 Å². The number of rotatable bonds is 0. The molecule has 5 aliphatic carbocycles. The maximum Gasteiger partial charge on any atom is 0.0282 e. The van der Waals surface area contributed by atoms with Gasteiger partial charge in [0.15, 0.2) is 0 Å². The summed E-state index contributed by atoms with van der Waals surface area (Å²) >= 11 is 0. The first-order valence-corrected chi connectivity index (χ1v) is 14.1. The molecule has 4 atom stereocenters. The van der Waals surface area contributed by atoms with Gasteiger partial charge in [-0.2, -0.15) is 0 Å². The fraction of sp³-hybridized carbons (Fsp3) is 0.625. The van der Waals surface area contributed by atoms with Crippen molar-refractivity contribution in [1.29, 1.82) is 0 Å². The Labute approximate surface area is 199 Å². The van der Waals surface area contributed by atoms with E-state index >= 15 is 0 Å². The predicted octanol–water partition coefficient (Wildman–Crippen LogP) is 9.78. The molecule has 0 bridgehead atoms. The molecule has 0 radical (unpaired) electrons. The van der Waals surface area contributed by atoms with Crippen molar-refractivity contribution in [3.63, 3.8) is 0 Å². The third-order valence-electron chi connectivity index (χ3n) is 8.57. The Balaban J connectivity index is 0.000000330. The van der Waals surface area contributed by atoms with E-state index in [0.717, 1.165) is 23.7 Å². The van der Waals surface area contributed by atoms with Crippen LogP contribution in [0.1, 0.15) is 139 Å². The van der Waals surface area contributed by atoms with Gasteiger partial charge in [0.1, 0.15) is 0 Å². The van der Waals surface area contributed by atoms with Crippen molar-refractivity contribution in [2.45, 2.75) is 118 Å². The van der Waals surface area contributed by atoms with Crippen LogP contribution >= 0.6 is 0 Å². The van der Waals surface area contributed by atoms with Crippen molar-refractivity contribution in [3.8, 4) is 0 Å². The smallest absolute Gasteiger partial charge is 0.0282 e. The van der Waals surface area contributed by atoms with E-state index in [1.807, 2.05) is 66.5 Å². The van der Waals surface area contributed by atoms with E-state index < -0.39 is 0 Å². The lowest BCUT2D eigenvalue weighted by atomic mass is 9.59. The molecule has 5 aliphatic rings. The molecule has 0 N–H and O–H groups in total. The van der Waals surface area contributed by atoms with Gasteiger partial charge < -0.3 is 0 Å². The quantitative estimate of drug-likeness (QED) is 0.388. The molecule has 0 aromatic heterocycles. The molecule has 1 spiro atoms. The molecular formula is C32H48. The molecule has 0 heterocycles. The zero-order valence-corrected chi connectivity index (χ0v) is 22.2. The minimum Gasteiger partial charge on any atom is -0.0683 e. The van der Waals surface area contributed by atoms with E-state index in [4.69, 9.17) is 0 Å². The van der Waals surface area contributed by atoms with Crippen LogP contribution in [-0.2, 0) is 11.8 Å². The van der Waals surface area contributed by atoms with Gasteiger partial charge in [-0.15, -0.1) is 0 Å².